The Morgan fingerprint density at radius 2 is 2.20 bits per heavy atom. The first-order valence-corrected chi connectivity index (χ1v) is 5.96. The summed E-state index contributed by atoms with van der Waals surface area (Å²) in [4.78, 5) is 24.4. The Labute approximate surface area is 115 Å². The van der Waals surface area contributed by atoms with E-state index in [0.29, 0.717) is 5.39 Å². The third kappa shape index (κ3) is 2.62. The fourth-order valence-electron chi connectivity index (χ4n) is 2.01. The molecule has 0 fully saturated rings. The van der Waals surface area contributed by atoms with Crippen molar-refractivity contribution in [2.24, 2.45) is 0 Å². The van der Waals surface area contributed by atoms with Crippen LogP contribution in [-0.4, -0.2) is 29.2 Å². The summed E-state index contributed by atoms with van der Waals surface area (Å²) < 4.78 is 1.34. The molecular weight excluding hydrogens is 258 g/mol. The number of hydrogen-bond donors (Lipinski definition) is 1. The molecule has 1 aromatic carbocycles. The summed E-state index contributed by atoms with van der Waals surface area (Å²) >= 11 is 0. The van der Waals surface area contributed by atoms with Crippen LogP contribution in [-0.2, 0) is 11.3 Å². The lowest BCUT2D eigenvalue weighted by molar-refractivity contribution is -0.135. The van der Waals surface area contributed by atoms with Gasteiger partial charge >= 0.3 is 5.97 Å². The number of rotatable bonds is 4. The van der Waals surface area contributed by atoms with Gasteiger partial charge < -0.3 is 14.6 Å². The van der Waals surface area contributed by atoms with Gasteiger partial charge in [0.25, 0.3) is 5.56 Å². The molecule has 6 nitrogen and oxygen atoms in total. The van der Waals surface area contributed by atoms with E-state index in [0.717, 1.165) is 11.1 Å². The van der Waals surface area contributed by atoms with Crippen LogP contribution in [0.1, 0.15) is 0 Å². The summed E-state index contributed by atoms with van der Waals surface area (Å²) in [6.45, 7) is -0.105. The maximum absolute atomic E-state index is 12.1. The number of benzene rings is 1. The molecule has 0 aliphatic rings. The average molecular weight is 271 g/mol. The minimum Gasteiger partial charge on any atom is -0.480 e. The number of anilines is 1. The molecule has 0 aliphatic heterocycles. The topological polar surface area (TPSA) is 86.3 Å². The zero-order valence-electron chi connectivity index (χ0n) is 10.9. The van der Waals surface area contributed by atoms with Crippen molar-refractivity contribution < 1.29 is 9.90 Å². The number of pyridine rings is 1. The standard InChI is InChI=1S/C14H13N3O3/c1-16(9-13(18)19)11-2-3-12-10(8-11)4-6-17(7-5-15)14(12)20/h2-4,6,8H,7,9H2,1H3,(H,18,19). The number of nitriles is 1. The van der Waals surface area contributed by atoms with Crippen molar-refractivity contribution in [2.45, 2.75) is 6.54 Å². The highest BCUT2D eigenvalue weighted by atomic mass is 16.4. The first-order chi connectivity index (χ1) is 9.52. The first-order valence-electron chi connectivity index (χ1n) is 5.96. The third-order valence-electron chi connectivity index (χ3n) is 3.01. The van der Waals surface area contributed by atoms with E-state index in [1.165, 1.54) is 4.57 Å². The van der Waals surface area contributed by atoms with Crippen LogP contribution in [0.3, 0.4) is 0 Å². The van der Waals surface area contributed by atoms with Crippen molar-refractivity contribution in [1.29, 1.82) is 5.26 Å². The molecule has 0 unspecified atom stereocenters. The van der Waals surface area contributed by atoms with E-state index in [1.807, 2.05) is 6.07 Å². The number of hydrogen-bond acceptors (Lipinski definition) is 4. The number of aliphatic carboxylic acids is 1. The first kappa shape index (κ1) is 13.6. The van der Waals surface area contributed by atoms with Gasteiger partial charge in [-0.3, -0.25) is 9.59 Å². The highest BCUT2D eigenvalue weighted by Gasteiger charge is 2.08. The van der Waals surface area contributed by atoms with E-state index >= 15 is 0 Å². The van der Waals surface area contributed by atoms with Crippen LogP contribution < -0.4 is 10.5 Å². The number of aromatic nitrogens is 1. The molecule has 0 saturated carbocycles. The molecule has 0 spiro atoms. The Morgan fingerprint density at radius 1 is 1.45 bits per heavy atom. The largest absolute Gasteiger partial charge is 0.480 e. The SMILES string of the molecule is CN(CC(=O)O)c1ccc2c(=O)n(CC#N)ccc2c1. The number of fused-ring (bicyclic) bond motifs is 1. The van der Waals surface area contributed by atoms with Crippen LogP contribution >= 0.6 is 0 Å². The van der Waals surface area contributed by atoms with Crippen LogP contribution in [0, 0.1) is 11.3 Å². The molecule has 2 rings (SSSR count). The monoisotopic (exact) mass is 271 g/mol. The number of carbonyl (C=O) groups is 1. The summed E-state index contributed by atoms with van der Waals surface area (Å²) in [7, 11) is 1.67. The number of carboxylic acid groups (broad SMARTS) is 1. The molecule has 0 bridgehead atoms. The van der Waals surface area contributed by atoms with Crippen molar-refractivity contribution in [3.05, 3.63) is 40.8 Å². The summed E-state index contributed by atoms with van der Waals surface area (Å²) in [6.07, 6.45) is 1.56. The van der Waals surface area contributed by atoms with E-state index in [9.17, 15) is 9.59 Å². The van der Waals surface area contributed by atoms with Gasteiger partial charge in [-0.1, -0.05) is 0 Å². The van der Waals surface area contributed by atoms with Crippen LogP contribution in [0.2, 0.25) is 0 Å². The van der Waals surface area contributed by atoms with Gasteiger partial charge in [-0.2, -0.15) is 5.26 Å². The Morgan fingerprint density at radius 3 is 2.85 bits per heavy atom. The van der Waals surface area contributed by atoms with E-state index in [-0.39, 0.29) is 18.6 Å². The van der Waals surface area contributed by atoms with Gasteiger partial charge in [0.05, 0.1) is 6.07 Å². The van der Waals surface area contributed by atoms with Crippen LogP contribution in [0.25, 0.3) is 10.8 Å². The molecule has 1 aromatic heterocycles. The summed E-state index contributed by atoms with van der Waals surface area (Å²) in [6, 6.07) is 8.78. The summed E-state index contributed by atoms with van der Waals surface area (Å²) in [5, 5.41) is 18.6. The van der Waals surface area contributed by atoms with Crippen LogP contribution in [0.5, 0.6) is 0 Å². The minimum atomic E-state index is -0.919. The average Bonchev–Trinajstić information content (AvgIpc) is 2.41. The van der Waals surface area contributed by atoms with E-state index < -0.39 is 5.97 Å². The normalized spacial score (nSPS) is 10.2. The zero-order valence-corrected chi connectivity index (χ0v) is 10.9. The Hall–Kier alpha value is -2.81. The number of carboxylic acids is 1. The number of likely N-dealkylation sites (N-methyl/N-ethyl adjacent to an activating group) is 1. The lowest BCUT2D eigenvalue weighted by atomic mass is 10.1. The predicted molar refractivity (Wildman–Crippen MR) is 74.7 cm³/mol. The Bertz CT molecular complexity index is 758. The van der Waals surface area contributed by atoms with E-state index in [4.69, 9.17) is 10.4 Å². The molecule has 0 aliphatic carbocycles. The maximum atomic E-state index is 12.1. The van der Waals surface area contributed by atoms with Gasteiger partial charge in [0, 0.05) is 24.3 Å². The van der Waals surface area contributed by atoms with Gasteiger partial charge in [0.15, 0.2) is 0 Å². The van der Waals surface area contributed by atoms with Gasteiger partial charge in [-0.25, -0.2) is 0 Å². The van der Waals surface area contributed by atoms with Gasteiger partial charge in [0.2, 0.25) is 0 Å². The van der Waals surface area contributed by atoms with Crippen LogP contribution in [0.15, 0.2) is 35.3 Å². The van der Waals surface area contributed by atoms with Gasteiger partial charge in [-0.05, 0) is 29.7 Å². The van der Waals surface area contributed by atoms with Crippen molar-refractivity contribution in [1.82, 2.24) is 4.57 Å². The zero-order chi connectivity index (χ0) is 14.7. The van der Waals surface area contributed by atoms with Gasteiger partial charge in [-0.15, -0.1) is 0 Å². The molecule has 6 heteroatoms. The van der Waals surface area contributed by atoms with Crippen molar-refractivity contribution in [3.8, 4) is 6.07 Å². The Kier molecular flexibility index (Phi) is 3.71. The summed E-state index contributed by atoms with van der Waals surface area (Å²) in [5.74, 6) is -0.919. The molecule has 20 heavy (non-hydrogen) atoms. The highest BCUT2D eigenvalue weighted by Crippen LogP contribution is 2.19. The number of nitrogens with zero attached hydrogens (tertiary/aromatic N) is 3. The maximum Gasteiger partial charge on any atom is 0.323 e. The molecule has 0 atom stereocenters. The smallest absolute Gasteiger partial charge is 0.323 e. The molecule has 102 valence electrons. The third-order valence-corrected chi connectivity index (χ3v) is 3.01. The molecule has 2 aromatic rings. The minimum absolute atomic E-state index is 0.00937. The van der Waals surface area contributed by atoms with Crippen molar-refractivity contribution >= 4 is 22.4 Å². The van der Waals surface area contributed by atoms with E-state index in [2.05, 4.69) is 0 Å². The molecule has 0 radical (unpaired) electrons. The van der Waals surface area contributed by atoms with Crippen molar-refractivity contribution in [2.75, 3.05) is 18.5 Å². The quantitative estimate of drug-likeness (QED) is 0.898. The van der Waals surface area contributed by atoms with Crippen LogP contribution in [0.4, 0.5) is 5.69 Å². The fourth-order valence-corrected chi connectivity index (χ4v) is 2.01. The lowest BCUT2D eigenvalue weighted by Crippen LogP contribution is -2.25. The molecule has 0 saturated heterocycles. The lowest BCUT2D eigenvalue weighted by Gasteiger charge is -2.17. The fraction of sp³-hybridized carbons (Fsp3) is 0.214. The second-order valence-electron chi connectivity index (χ2n) is 4.43. The second kappa shape index (κ2) is 5.45. The Balaban J connectivity index is 2.47. The van der Waals surface area contributed by atoms with Gasteiger partial charge in [0.1, 0.15) is 13.1 Å². The van der Waals surface area contributed by atoms with E-state index in [1.54, 1.807) is 42.4 Å². The molecule has 0 amide bonds. The van der Waals surface area contributed by atoms with Crippen molar-refractivity contribution in [3.63, 3.8) is 0 Å². The molecule has 1 N–H and O–H groups in total. The molecular formula is C14H13N3O3. The highest BCUT2D eigenvalue weighted by molar-refractivity contribution is 5.85. The second-order valence-corrected chi connectivity index (χ2v) is 4.43. The summed E-state index contributed by atoms with van der Waals surface area (Å²) in [5.41, 5.74) is 0.494. The predicted octanol–water partition coefficient (Wildman–Crippen LogP) is 1.05. The molecule has 1 heterocycles.